The van der Waals surface area contributed by atoms with E-state index >= 15 is 0 Å². The van der Waals surface area contributed by atoms with Crippen molar-refractivity contribution in [2.75, 3.05) is 47.9 Å². The van der Waals surface area contributed by atoms with Crippen LogP contribution in [0.15, 0.2) is 316 Å². The van der Waals surface area contributed by atoms with Crippen molar-refractivity contribution in [3.8, 4) is 72.9 Å². The SMILES string of the molecule is COc1ccc2c(c1)C(=O)NC(Cc1ccc(-c3c[nH]c4ccccc34)cc1)C(=O)N2.COc1ccc2c(c1)C(=O)NC(Cc1ccc(-c3ccc(C)nc3)cc1)C(=O)N2.COc1ccc2c(c1)C(=O)NC(Cc1ccc(-c3ccnc4c3C=CC4)cc1)C(=O)N2.Cc1ccc(-c2ccc(CC3NC(=O)c4cc(Cl)ccc4NC3=O)cc2)cn1.O=C1NC(Cc2ccc(-c3ccnc4c3C=CC4)cc2)C(=O)Nc2ccc(Cl)cc21. The summed E-state index contributed by atoms with van der Waals surface area (Å²) in [4.78, 5) is 147. The van der Waals surface area contributed by atoms with Crippen LogP contribution in [0, 0.1) is 13.8 Å². The lowest BCUT2D eigenvalue weighted by molar-refractivity contribution is -0.118. The molecule has 10 amide bonds. The molecule has 5 aliphatic heterocycles. The third-order valence-corrected chi connectivity index (χ3v) is 27.1. The summed E-state index contributed by atoms with van der Waals surface area (Å²) in [6, 6.07) is 81.8. The number of nitrogens with zero attached hydrogens (tertiary/aromatic N) is 4. The Morgan fingerprint density at radius 3 is 0.893 bits per heavy atom. The number of benzene rings is 11. The molecule has 5 atom stereocenters. The third-order valence-electron chi connectivity index (χ3n) is 26.6. The smallest absolute Gasteiger partial charge is 0.254 e. The lowest BCUT2D eigenvalue weighted by Crippen LogP contribution is -2.42. The molecule has 742 valence electrons. The number of H-pyrrole nitrogens is 1. The Labute approximate surface area is 867 Å². The third kappa shape index (κ3) is 23.1. The number of nitrogens with one attached hydrogen (secondary N) is 11. The molecule has 5 aromatic heterocycles. The van der Waals surface area contributed by atoms with E-state index in [0.717, 1.165) is 130 Å². The van der Waals surface area contributed by atoms with Crippen molar-refractivity contribution >= 4 is 134 Å². The van der Waals surface area contributed by atoms with E-state index in [1.807, 2.05) is 221 Å². The lowest BCUT2D eigenvalue weighted by atomic mass is 9.97. The molecular weight excluding hydrogens is 1920 g/mol. The number of carbonyl (C=O) groups is 10. The van der Waals surface area contributed by atoms with Crippen LogP contribution in [0.5, 0.6) is 17.2 Å². The van der Waals surface area contributed by atoms with Crippen molar-refractivity contribution in [2.45, 2.75) is 89.0 Å². The zero-order chi connectivity index (χ0) is 103. The first kappa shape index (κ1) is 99.5. The number of hydrogen-bond donors (Lipinski definition) is 11. The van der Waals surface area contributed by atoms with Gasteiger partial charge in [0.05, 0.1) is 89.0 Å². The molecule has 0 bridgehead atoms. The summed E-state index contributed by atoms with van der Waals surface area (Å²) in [7, 11) is 4.61. The number of methoxy groups -OCH3 is 3. The Morgan fingerprint density at radius 1 is 0.295 bits per heavy atom. The molecule has 2 aliphatic carbocycles. The number of ether oxygens (including phenoxy) is 3. The molecule has 0 radical (unpaired) electrons. The summed E-state index contributed by atoms with van der Waals surface area (Å²) >= 11 is 12.0. The van der Waals surface area contributed by atoms with E-state index in [1.165, 1.54) is 32.3 Å². The van der Waals surface area contributed by atoms with Crippen molar-refractivity contribution in [3.63, 3.8) is 0 Å². The second-order valence-corrected chi connectivity index (χ2v) is 37.3. The highest BCUT2D eigenvalue weighted by atomic mass is 35.5. The van der Waals surface area contributed by atoms with Gasteiger partial charge in [-0.3, -0.25) is 67.9 Å². The fourth-order valence-electron chi connectivity index (χ4n) is 18.5. The van der Waals surface area contributed by atoms with E-state index in [0.29, 0.717) is 116 Å². The molecule has 11 N–H and O–H groups in total. The van der Waals surface area contributed by atoms with E-state index in [9.17, 15) is 47.9 Å². The number of fused-ring (bicyclic) bond motifs is 8. The number of amides is 10. The highest BCUT2D eigenvalue weighted by Gasteiger charge is 2.35. The zero-order valence-corrected chi connectivity index (χ0v) is 82.9. The number of aryl methyl sites for hydroxylation is 2. The van der Waals surface area contributed by atoms with Gasteiger partial charge in [-0.05, 0) is 202 Å². The summed E-state index contributed by atoms with van der Waals surface area (Å²) in [5.74, 6) is -1.05. The predicted molar refractivity (Wildman–Crippen MR) is 577 cm³/mol. The fourth-order valence-corrected chi connectivity index (χ4v) is 18.8. The van der Waals surface area contributed by atoms with Crippen LogP contribution in [-0.4, -0.2) is 136 Å². The standard InChI is InChI=1S/2C25H21N3O3.C24H18ClN3O2.C23H21N3O3.C22H18ClN3O2/c1-31-17-9-10-22-20(14-17)24(29)28-23(25(30)27-22)13-15-5-7-16(8-6-15)18-11-12-26-21-4-2-3-19(18)21;1-31-17-10-11-22-19(13-17)24(29)28-23(25(30)27-22)12-15-6-8-16(9-7-15)20-14-26-21-5-3-2-4-18(20)21;25-16-8-9-21-19(13-16)23(29)28-22(24(30)27-21)12-14-4-6-15(7-5-14)17-10-11-26-20-3-1-2-18(17)20;1-14-3-6-17(13-24-14)16-7-4-15(5-8-16)11-21-23(28)25-20-10-9-18(29-2)12-19(20)22(27)26-21;1-13-2-5-16(12-24-13)15-6-3-14(4-7-15)10-20-22(28)25-19-9-8-17(23)11-18(19)21(27)26-20/h2-3,5-12,14,23H,4,13H2,1H3,(H,27,30)(H,28,29);2-11,13-14,23,26H,12H2,1H3,(H,27,30)(H,28,29);1-2,4-11,13,22H,3,12H2,(H,27,30)(H,28,29);3-10,12-13,21H,11H2,1-2H3,(H,25,28)(H,26,27);2-9,11-12,20H,10H2,1H3,(H,25,28)(H,26,27). The average molecular weight is 2020 g/mol. The van der Waals surface area contributed by atoms with E-state index < -0.39 is 30.2 Å². The van der Waals surface area contributed by atoms with Gasteiger partial charge in [0.1, 0.15) is 47.5 Å². The number of pyridine rings is 4. The van der Waals surface area contributed by atoms with E-state index in [1.54, 1.807) is 91.0 Å². The van der Waals surface area contributed by atoms with Gasteiger partial charge in [-0.25, -0.2) is 0 Å². The molecule has 11 aromatic carbocycles. The van der Waals surface area contributed by atoms with Crippen LogP contribution >= 0.6 is 23.2 Å². The Morgan fingerprint density at radius 2 is 0.584 bits per heavy atom. The van der Waals surface area contributed by atoms with Gasteiger partial charge < -0.3 is 72.4 Å². The summed E-state index contributed by atoms with van der Waals surface area (Å²) in [6.07, 6.45) is 21.6. The number of rotatable bonds is 18. The molecule has 0 saturated carbocycles. The quantitative estimate of drug-likeness (QED) is 0.0380. The van der Waals surface area contributed by atoms with Gasteiger partial charge in [-0.1, -0.05) is 199 Å². The Kier molecular flexibility index (Phi) is 29.7. The number of allylic oxidation sites excluding steroid dienone is 2. The minimum atomic E-state index is -0.664. The molecular formula is C119H99Cl2N15O13. The van der Waals surface area contributed by atoms with Crippen LogP contribution in [0.1, 0.15) is 114 Å². The number of aromatic nitrogens is 5. The largest absolute Gasteiger partial charge is 0.497 e. The van der Waals surface area contributed by atoms with Crippen LogP contribution in [0.2, 0.25) is 10.0 Å². The van der Waals surface area contributed by atoms with Crippen molar-refractivity contribution in [1.29, 1.82) is 0 Å². The van der Waals surface area contributed by atoms with Gasteiger partial charge >= 0.3 is 0 Å². The minimum Gasteiger partial charge on any atom is -0.497 e. The van der Waals surface area contributed by atoms with Crippen LogP contribution in [0.3, 0.4) is 0 Å². The summed E-state index contributed by atoms with van der Waals surface area (Å²) in [5, 5.41) is 30.3. The molecule has 23 rings (SSSR count). The molecule has 16 aromatic rings. The van der Waals surface area contributed by atoms with Gasteiger partial charge in [0, 0.05) is 136 Å². The first-order valence-electron chi connectivity index (χ1n) is 48.2. The van der Waals surface area contributed by atoms with E-state index in [-0.39, 0.29) is 59.1 Å². The van der Waals surface area contributed by atoms with Gasteiger partial charge in [-0.15, -0.1) is 0 Å². The highest BCUT2D eigenvalue weighted by molar-refractivity contribution is 6.32. The average Bonchev–Trinajstić information content (AvgIpc) is 1.67. The fraction of sp³-hybridized carbons (Fsp3) is 0.143. The Bertz CT molecular complexity index is 7980. The topological polar surface area (TPSA) is 386 Å². The van der Waals surface area contributed by atoms with Gasteiger partial charge in [0.15, 0.2) is 0 Å². The highest BCUT2D eigenvalue weighted by Crippen LogP contribution is 2.38. The predicted octanol–water partition coefficient (Wildman–Crippen LogP) is 19.4. The summed E-state index contributed by atoms with van der Waals surface area (Å²) < 4.78 is 15.6. The molecule has 0 spiro atoms. The van der Waals surface area contributed by atoms with Crippen molar-refractivity contribution in [1.82, 2.24) is 51.5 Å². The number of para-hydroxylation sites is 1. The van der Waals surface area contributed by atoms with Gasteiger partial charge in [-0.2, -0.15) is 0 Å². The maximum atomic E-state index is 12.7. The van der Waals surface area contributed by atoms with E-state index in [4.69, 9.17) is 37.4 Å². The number of hydrogen-bond acceptors (Lipinski definition) is 17. The first-order chi connectivity index (χ1) is 72.3. The molecule has 5 unspecified atom stereocenters. The van der Waals surface area contributed by atoms with Gasteiger partial charge in [0.25, 0.3) is 29.5 Å². The molecule has 10 heterocycles. The molecule has 7 aliphatic rings. The van der Waals surface area contributed by atoms with Gasteiger partial charge in [0.2, 0.25) is 29.5 Å². The van der Waals surface area contributed by atoms with Crippen LogP contribution in [0.25, 0.3) is 78.7 Å². The maximum absolute atomic E-state index is 12.7. The number of anilines is 5. The maximum Gasteiger partial charge on any atom is 0.254 e. The Hall–Kier alpha value is -18.3. The van der Waals surface area contributed by atoms with Crippen LogP contribution < -0.4 is 67.4 Å². The summed E-state index contributed by atoms with van der Waals surface area (Å²) in [6.45, 7) is 3.90. The molecule has 149 heavy (non-hydrogen) atoms. The monoisotopic (exact) mass is 2020 g/mol. The first-order valence-corrected chi connectivity index (χ1v) is 49.0. The minimum absolute atomic E-state index is 0.238. The van der Waals surface area contributed by atoms with E-state index in [2.05, 4.69) is 108 Å². The van der Waals surface area contributed by atoms with Crippen molar-refractivity contribution < 1.29 is 62.2 Å². The zero-order valence-electron chi connectivity index (χ0n) is 81.4. The molecule has 0 fully saturated rings. The normalized spacial score (nSPS) is 16.2. The van der Waals surface area contributed by atoms with Crippen LogP contribution in [-0.2, 0) is 68.9 Å². The van der Waals surface area contributed by atoms with Crippen LogP contribution in [0.4, 0.5) is 28.4 Å². The molecule has 0 saturated heterocycles. The Balaban J connectivity index is 0.000000117. The van der Waals surface area contributed by atoms with Crippen molar-refractivity contribution in [2.24, 2.45) is 0 Å². The number of halogens is 2. The second-order valence-electron chi connectivity index (χ2n) is 36.5. The van der Waals surface area contributed by atoms with Crippen molar-refractivity contribution in [3.05, 3.63) is 416 Å². The second kappa shape index (κ2) is 44.5. The lowest BCUT2D eigenvalue weighted by Gasteiger charge is -2.15. The number of carbonyl (C=O) groups excluding carboxylic acids is 10. The molecule has 30 heteroatoms. The molecule has 28 nitrogen and oxygen atoms in total. The summed E-state index contributed by atoms with van der Waals surface area (Å²) in [5.41, 5.74) is 27.5. The number of aromatic amines is 1.